The number of rotatable bonds is 1. The van der Waals surface area contributed by atoms with Crippen molar-refractivity contribution in [3.8, 4) is 11.3 Å². The zero-order chi connectivity index (χ0) is 25.4. The Bertz CT molecular complexity index is 2090. The molecule has 186 valence electrons. The molecule has 0 amide bonds. The highest BCUT2D eigenvalue weighted by Crippen LogP contribution is 2.35. The molecule has 8 bridgehead atoms. The number of benzene rings is 1. The first-order valence-corrected chi connectivity index (χ1v) is 13.4. The van der Waals surface area contributed by atoms with Gasteiger partial charge in [0.15, 0.2) is 11.5 Å². The minimum Gasteiger partial charge on any atom is -0.298 e. The predicted octanol–water partition coefficient (Wildman–Crippen LogP) is 6.75. The Morgan fingerprint density at radius 1 is 1.03 bits per heavy atom. The number of nitrogens with zero attached hydrogens (tertiary/aromatic N) is 5. The van der Waals surface area contributed by atoms with Gasteiger partial charge in [-0.1, -0.05) is 25.0 Å². The van der Waals surface area contributed by atoms with Crippen LogP contribution in [-0.4, -0.2) is 40.6 Å². The number of hydrogen-bond donors (Lipinski definition) is 2. The minimum absolute atomic E-state index is 0.0409. The second-order valence-electron chi connectivity index (χ2n) is 9.78. The van der Waals surface area contributed by atoms with Crippen molar-refractivity contribution in [3.63, 3.8) is 0 Å². The summed E-state index contributed by atoms with van der Waals surface area (Å²) < 4.78 is 18.9. The van der Waals surface area contributed by atoms with Crippen molar-refractivity contribution in [2.75, 3.05) is 0 Å². The number of H-pyrrole nitrogens is 2. The van der Waals surface area contributed by atoms with E-state index >= 15 is 4.39 Å². The van der Waals surface area contributed by atoms with Gasteiger partial charge in [0, 0.05) is 27.6 Å². The van der Waals surface area contributed by atoms with Gasteiger partial charge in [-0.3, -0.25) is 29.5 Å². The third-order valence-corrected chi connectivity index (χ3v) is 8.64. The molecular weight excluding hydrogens is 501 g/mol. The van der Waals surface area contributed by atoms with Crippen LogP contribution in [0.2, 0.25) is 0 Å². The van der Waals surface area contributed by atoms with Gasteiger partial charge in [-0.05, 0) is 37.1 Å². The Balaban J connectivity index is 1.59. The van der Waals surface area contributed by atoms with E-state index in [2.05, 4.69) is 20.2 Å². The molecule has 1 fully saturated rings. The molecule has 1 aromatic carbocycles. The molecule has 8 nitrogen and oxygen atoms in total. The maximum atomic E-state index is 16.2. The molecule has 0 unspecified atom stereocenters. The molecule has 8 rings (SSSR count). The molecule has 2 N–H and O–H groups in total. The van der Waals surface area contributed by atoms with Crippen LogP contribution in [0.5, 0.6) is 0 Å². The van der Waals surface area contributed by atoms with Gasteiger partial charge in [0.2, 0.25) is 5.91 Å². The maximum absolute atomic E-state index is 16.2. The molecule has 0 radical (unpaired) electrons. The summed E-state index contributed by atoms with van der Waals surface area (Å²) in [5, 5.41) is 7.43. The second kappa shape index (κ2) is 8.03. The van der Waals surface area contributed by atoms with E-state index < -0.39 is 5.82 Å². The Hall–Kier alpha value is -4.44. The predicted molar refractivity (Wildman–Crippen MR) is 147 cm³/mol. The van der Waals surface area contributed by atoms with Crippen LogP contribution in [-0.2, 0) is 0 Å². The molecule has 0 atom stereocenters. The fraction of sp³-hybridized carbons (Fsp3) is 0.179. The number of aromatic amines is 2. The Morgan fingerprint density at radius 2 is 1.92 bits per heavy atom. The molecule has 1 aliphatic carbocycles. The number of aromatic nitrogens is 7. The summed E-state index contributed by atoms with van der Waals surface area (Å²) in [6, 6.07) is 11.6. The maximum Gasteiger partial charge on any atom is 0.235 e. The molecule has 10 heteroatoms. The van der Waals surface area contributed by atoms with E-state index in [1.165, 1.54) is 11.3 Å². The van der Waals surface area contributed by atoms with Crippen LogP contribution in [0.1, 0.15) is 30.5 Å². The van der Waals surface area contributed by atoms with E-state index in [4.69, 9.17) is 9.97 Å². The smallest absolute Gasteiger partial charge is 0.235 e. The van der Waals surface area contributed by atoms with Crippen molar-refractivity contribution in [1.82, 2.24) is 34.7 Å². The van der Waals surface area contributed by atoms with Crippen LogP contribution in [0.15, 0.2) is 55.0 Å². The van der Waals surface area contributed by atoms with Gasteiger partial charge < -0.3 is 0 Å². The number of thiophene rings is 1. The van der Waals surface area contributed by atoms with Gasteiger partial charge >= 0.3 is 0 Å². The van der Waals surface area contributed by atoms with Crippen molar-refractivity contribution in [3.05, 3.63) is 60.8 Å². The Labute approximate surface area is 218 Å². The number of imidazole rings is 1. The fourth-order valence-electron chi connectivity index (χ4n) is 5.67. The fourth-order valence-corrected chi connectivity index (χ4v) is 6.73. The van der Waals surface area contributed by atoms with E-state index in [0.29, 0.717) is 38.8 Å². The monoisotopic (exact) mass is 521 g/mol. The number of nitrogens with one attached hydrogen (secondary N) is 2. The van der Waals surface area contributed by atoms with Crippen LogP contribution in [0.25, 0.3) is 64.8 Å². The SMILES string of the molecule is O=C(C1CCCC1)n1c2cncc(c2)c2ncc3[nH][nH]c(c4nc5cccc(c6ccc1s6)c5n4)-c3c2F. The average Bonchev–Trinajstić information content (AvgIpc) is 3.74. The van der Waals surface area contributed by atoms with Crippen molar-refractivity contribution >= 4 is 70.8 Å². The molecule has 38 heavy (non-hydrogen) atoms. The first-order chi connectivity index (χ1) is 18.7. The Kier molecular flexibility index (Phi) is 4.57. The first kappa shape index (κ1) is 21.6. The number of carbonyl (C=O) groups excluding carboxylic acids is 1. The quantitative estimate of drug-likeness (QED) is 0.249. The van der Waals surface area contributed by atoms with Crippen molar-refractivity contribution < 1.29 is 9.18 Å². The standard InChI is InChI=1S/C28H20FN7OS/c29-23-22-19-13-31-24(23)15-10-16(12-30-11-15)36(28(37)14-4-1-2-5-14)21-9-8-20(38-21)17-6-3-7-18-25(17)33-27(32-18)26(22)35-34-19/h3,6-14,34-35H,1-2,4-5H2. The van der Waals surface area contributed by atoms with Crippen molar-refractivity contribution in [2.45, 2.75) is 25.7 Å². The molecule has 1 saturated carbocycles. The lowest BCUT2D eigenvalue weighted by Gasteiger charge is -2.12. The number of hydrogen-bond acceptors (Lipinski definition) is 6. The summed E-state index contributed by atoms with van der Waals surface area (Å²) in [7, 11) is 0. The molecule has 0 saturated heterocycles. The summed E-state index contributed by atoms with van der Waals surface area (Å²) in [6.07, 6.45) is 8.64. The van der Waals surface area contributed by atoms with Crippen LogP contribution in [0.3, 0.4) is 0 Å². The van der Waals surface area contributed by atoms with Crippen LogP contribution < -0.4 is 0 Å². The highest BCUT2D eigenvalue weighted by Gasteiger charge is 2.26. The number of fused-ring (bicyclic) bond motifs is 9. The van der Waals surface area contributed by atoms with Gasteiger partial charge in [0.1, 0.15) is 16.0 Å². The van der Waals surface area contributed by atoms with E-state index in [1.54, 1.807) is 29.2 Å². The zero-order valence-corrected chi connectivity index (χ0v) is 20.8. The van der Waals surface area contributed by atoms with Crippen LogP contribution >= 0.6 is 11.3 Å². The van der Waals surface area contributed by atoms with Crippen LogP contribution in [0, 0.1) is 11.7 Å². The van der Waals surface area contributed by atoms with Gasteiger partial charge in [-0.25, -0.2) is 14.4 Å². The lowest BCUT2D eigenvalue weighted by atomic mass is 10.1. The molecule has 4 aromatic heterocycles. The summed E-state index contributed by atoms with van der Waals surface area (Å²) in [6.45, 7) is 0. The molecular formula is C28H20FN7OS. The van der Waals surface area contributed by atoms with E-state index in [0.717, 1.165) is 46.1 Å². The minimum atomic E-state index is -0.510. The third-order valence-electron chi connectivity index (χ3n) is 7.53. The van der Waals surface area contributed by atoms with Gasteiger partial charge in [0.05, 0.1) is 40.0 Å². The van der Waals surface area contributed by atoms with Crippen molar-refractivity contribution in [2.24, 2.45) is 5.92 Å². The highest BCUT2D eigenvalue weighted by atomic mass is 32.1. The zero-order valence-electron chi connectivity index (χ0n) is 20.0. The number of para-hydroxylation sites is 1. The van der Waals surface area contributed by atoms with E-state index in [-0.39, 0.29) is 17.3 Å². The normalized spacial score (nSPS) is 14.6. The van der Waals surface area contributed by atoms with Gasteiger partial charge in [-0.2, -0.15) is 0 Å². The summed E-state index contributed by atoms with van der Waals surface area (Å²) in [5.74, 6) is -0.522. The number of carbonyl (C=O) groups is 1. The summed E-state index contributed by atoms with van der Waals surface area (Å²) in [4.78, 5) is 33.1. The second-order valence-corrected chi connectivity index (χ2v) is 10.8. The largest absolute Gasteiger partial charge is 0.298 e. The third kappa shape index (κ3) is 3.10. The topological polar surface area (TPSA) is 105 Å². The van der Waals surface area contributed by atoms with E-state index in [9.17, 15) is 4.79 Å². The lowest BCUT2D eigenvalue weighted by Crippen LogP contribution is -2.19. The number of halogens is 1. The molecule has 5 aromatic rings. The Morgan fingerprint density at radius 3 is 2.82 bits per heavy atom. The molecule has 0 spiro atoms. The molecule has 6 heterocycles. The molecule has 3 aliphatic rings. The lowest BCUT2D eigenvalue weighted by molar-refractivity contribution is 0.0847. The highest BCUT2D eigenvalue weighted by molar-refractivity contribution is 7.24. The summed E-state index contributed by atoms with van der Waals surface area (Å²) in [5.41, 5.74) is 3.85. The van der Waals surface area contributed by atoms with Gasteiger partial charge in [0.25, 0.3) is 0 Å². The van der Waals surface area contributed by atoms with Gasteiger partial charge in [-0.15, -0.1) is 11.3 Å². The van der Waals surface area contributed by atoms with E-state index in [1.807, 2.05) is 30.3 Å². The number of pyridine rings is 2. The first-order valence-electron chi connectivity index (χ1n) is 12.6. The average molecular weight is 522 g/mol. The summed E-state index contributed by atoms with van der Waals surface area (Å²) >= 11 is 1.52. The van der Waals surface area contributed by atoms with Crippen LogP contribution in [0.4, 0.5) is 4.39 Å². The van der Waals surface area contributed by atoms with Crippen molar-refractivity contribution in [1.29, 1.82) is 0 Å². The molecule has 2 aliphatic heterocycles.